The number of hydrogen-bond donors (Lipinski definition) is 1. The van der Waals surface area contributed by atoms with Gasteiger partial charge in [-0.25, -0.2) is 4.79 Å². The van der Waals surface area contributed by atoms with E-state index in [1.807, 2.05) is 6.07 Å². The molecule has 0 fully saturated rings. The lowest BCUT2D eigenvalue weighted by Crippen LogP contribution is -2.11. The summed E-state index contributed by atoms with van der Waals surface area (Å²) in [5.41, 5.74) is 5.52. The van der Waals surface area contributed by atoms with Crippen LogP contribution < -0.4 is 5.73 Å². The molecule has 0 bridgehead atoms. The number of carbonyl (C=O) groups excluding carboxylic acids is 2. The number of nitrogens with two attached hydrogens (primary N) is 1. The summed E-state index contributed by atoms with van der Waals surface area (Å²) in [7, 11) is 0. The molecule has 0 atom stereocenters. The molecule has 0 aliphatic heterocycles. The number of benzene rings is 1. The molecule has 0 radical (unpaired) electrons. The molecular formula is C12H15NO3. The Balaban J connectivity index is 2.19. The van der Waals surface area contributed by atoms with E-state index in [0.717, 1.165) is 0 Å². The van der Waals surface area contributed by atoms with Gasteiger partial charge in [0, 0.05) is 6.42 Å². The smallest absolute Gasteiger partial charge is 0.338 e. The summed E-state index contributed by atoms with van der Waals surface area (Å²) in [5.74, 6) is -0.658. The highest BCUT2D eigenvalue weighted by atomic mass is 16.5. The molecule has 0 saturated heterocycles. The van der Waals surface area contributed by atoms with Crippen LogP contribution in [-0.4, -0.2) is 18.5 Å². The minimum Gasteiger partial charge on any atom is -0.462 e. The Hall–Kier alpha value is -1.84. The minimum atomic E-state index is -0.334. The number of primary amides is 1. The van der Waals surface area contributed by atoms with Crippen molar-refractivity contribution in [2.75, 3.05) is 6.61 Å². The highest BCUT2D eigenvalue weighted by Gasteiger charge is 2.05. The minimum absolute atomic E-state index is 0.320. The van der Waals surface area contributed by atoms with E-state index in [2.05, 4.69) is 0 Å². The maximum Gasteiger partial charge on any atom is 0.338 e. The van der Waals surface area contributed by atoms with Crippen molar-refractivity contribution < 1.29 is 14.3 Å². The van der Waals surface area contributed by atoms with Crippen LogP contribution in [0, 0.1) is 0 Å². The zero-order chi connectivity index (χ0) is 11.8. The molecule has 0 heterocycles. The molecule has 0 unspecified atom stereocenters. The predicted molar refractivity (Wildman–Crippen MR) is 59.8 cm³/mol. The van der Waals surface area contributed by atoms with Crippen molar-refractivity contribution in [3.63, 3.8) is 0 Å². The van der Waals surface area contributed by atoms with E-state index in [4.69, 9.17) is 10.5 Å². The second-order valence-electron chi connectivity index (χ2n) is 3.43. The summed E-state index contributed by atoms with van der Waals surface area (Å²) in [4.78, 5) is 21.9. The Kier molecular flexibility index (Phi) is 5.05. The Morgan fingerprint density at radius 3 is 2.44 bits per heavy atom. The lowest BCUT2D eigenvalue weighted by Gasteiger charge is -2.03. The first-order valence-electron chi connectivity index (χ1n) is 5.20. The number of amides is 1. The fraction of sp³-hybridized carbons (Fsp3) is 0.333. The Morgan fingerprint density at radius 1 is 1.12 bits per heavy atom. The fourth-order valence-electron chi connectivity index (χ4n) is 1.22. The van der Waals surface area contributed by atoms with Gasteiger partial charge in [0.1, 0.15) is 0 Å². The van der Waals surface area contributed by atoms with Gasteiger partial charge in [0.25, 0.3) is 0 Å². The summed E-state index contributed by atoms with van der Waals surface area (Å²) in [6, 6.07) is 8.80. The molecule has 16 heavy (non-hydrogen) atoms. The van der Waals surface area contributed by atoms with Crippen LogP contribution in [-0.2, 0) is 9.53 Å². The second kappa shape index (κ2) is 6.61. The molecule has 1 aromatic carbocycles. The molecule has 0 aliphatic carbocycles. The number of esters is 1. The van der Waals surface area contributed by atoms with E-state index in [-0.39, 0.29) is 11.9 Å². The first-order chi connectivity index (χ1) is 7.70. The van der Waals surface area contributed by atoms with Gasteiger partial charge in [0.2, 0.25) is 5.91 Å². The normalized spacial score (nSPS) is 9.75. The average molecular weight is 221 g/mol. The van der Waals surface area contributed by atoms with Crippen molar-refractivity contribution in [2.45, 2.75) is 19.3 Å². The van der Waals surface area contributed by atoms with Crippen LogP contribution in [0.1, 0.15) is 29.6 Å². The van der Waals surface area contributed by atoms with Crippen molar-refractivity contribution in [1.29, 1.82) is 0 Å². The maximum atomic E-state index is 11.4. The molecule has 0 spiro atoms. The third-order valence-corrected chi connectivity index (χ3v) is 2.06. The van der Waals surface area contributed by atoms with Gasteiger partial charge in [-0.1, -0.05) is 18.2 Å². The molecule has 1 amide bonds. The largest absolute Gasteiger partial charge is 0.462 e. The number of rotatable bonds is 6. The van der Waals surface area contributed by atoms with Crippen molar-refractivity contribution in [2.24, 2.45) is 5.73 Å². The molecule has 1 rings (SSSR count). The summed E-state index contributed by atoms with van der Waals surface area (Å²) in [6.45, 7) is 0.320. The molecule has 1 aromatic rings. The predicted octanol–water partition coefficient (Wildman–Crippen LogP) is 1.50. The van der Waals surface area contributed by atoms with E-state index in [0.29, 0.717) is 31.4 Å². The monoisotopic (exact) mass is 221 g/mol. The number of ether oxygens (including phenoxy) is 1. The number of unbranched alkanes of at least 4 members (excludes halogenated alkanes) is 1. The van der Waals surface area contributed by atoms with Gasteiger partial charge in [-0.2, -0.15) is 0 Å². The zero-order valence-corrected chi connectivity index (χ0v) is 9.02. The Bertz CT molecular complexity index is 349. The molecule has 0 aliphatic rings. The third-order valence-electron chi connectivity index (χ3n) is 2.06. The van der Waals surface area contributed by atoms with E-state index in [9.17, 15) is 9.59 Å². The van der Waals surface area contributed by atoms with Crippen LogP contribution in [0.2, 0.25) is 0 Å². The molecule has 4 heteroatoms. The van der Waals surface area contributed by atoms with Gasteiger partial charge >= 0.3 is 5.97 Å². The maximum absolute atomic E-state index is 11.4. The van der Waals surface area contributed by atoms with Gasteiger partial charge in [-0.3, -0.25) is 4.79 Å². The Labute approximate surface area is 94.4 Å². The first-order valence-corrected chi connectivity index (χ1v) is 5.20. The third kappa shape index (κ3) is 4.59. The van der Waals surface area contributed by atoms with E-state index >= 15 is 0 Å². The van der Waals surface area contributed by atoms with Crippen molar-refractivity contribution in [3.8, 4) is 0 Å². The quantitative estimate of drug-likeness (QED) is 0.584. The summed E-state index contributed by atoms with van der Waals surface area (Å²) >= 11 is 0. The van der Waals surface area contributed by atoms with Gasteiger partial charge in [-0.05, 0) is 25.0 Å². The van der Waals surface area contributed by atoms with Crippen LogP contribution in [0.5, 0.6) is 0 Å². The summed E-state index contributed by atoms with van der Waals surface area (Å²) in [5, 5.41) is 0. The van der Waals surface area contributed by atoms with Gasteiger partial charge in [0.15, 0.2) is 0 Å². The van der Waals surface area contributed by atoms with E-state index in [1.165, 1.54) is 0 Å². The van der Waals surface area contributed by atoms with Gasteiger partial charge < -0.3 is 10.5 Å². The van der Waals surface area contributed by atoms with Crippen LogP contribution in [0.25, 0.3) is 0 Å². The number of hydrogen-bond acceptors (Lipinski definition) is 3. The van der Waals surface area contributed by atoms with Crippen LogP contribution in [0.15, 0.2) is 30.3 Å². The van der Waals surface area contributed by atoms with Crippen LogP contribution in [0.4, 0.5) is 0 Å². The van der Waals surface area contributed by atoms with E-state index < -0.39 is 0 Å². The molecular weight excluding hydrogens is 206 g/mol. The zero-order valence-electron chi connectivity index (χ0n) is 9.02. The highest BCUT2D eigenvalue weighted by molar-refractivity contribution is 5.89. The van der Waals surface area contributed by atoms with Crippen LogP contribution >= 0.6 is 0 Å². The van der Waals surface area contributed by atoms with Crippen LogP contribution in [0.3, 0.4) is 0 Å². The molecule has 4 nitrogen and oxygen atoms in total. The molecule has 0 saturated carbocycles. The SMILES string of the molecule is NC(=O)CCCCOC(=O)c1ccccc1. The summed E-state index contributed by atoms with van der Waals surface area (Å²) in [6.07, 6.45) is 1.64. The Morgan fingerprint density at radius 2 is 1.81 bits per heavy atom. The average Bonchev–Trinajstić information content (AvgIpc) is 2.29. The van der Waals surface area contributed by atoms with Gasteiger partial charge in [-0.15, -0.1) is 0 Å². The van der Waals surface area contributed by atoms with Crippen molar-refractivity contribution in [3.05, 3.63) is 35.9 Å². The highest BCUT2D eigenvalue weighted by Crippen LogP contribution is 2.02. The second-order valence-corrected chi connectivity index (χ2v) is 3.43. The van der Waals surface area contributed by atoms with Gasteiger partial charge in [0.05, 0.1) is 12.2 Å². The van der Waals surface area contributed by atoms with Crippen molar-refractivity contribution >= 4 is 11.9 Å². The lowest BCUT2D eigenvalue weighted by atomic mass is 10.2. The topological polar surface area (TPSA) is 69.4 Å². The molecule has 2 N–H and O–H groups in total. The number of carbonyl (C=O) groups is 2. The summed E-state index contributed by atoms with van der Waals surface area (Å²) < 4.78 is 5.02. The lowest BCUT2D eigenvalue weighted by molar-refractivity contribution is -0.118. The molecule has 0 aromatic heterocycles. The fourth-order valence-corrected chi connectivity index (χ4v) is 1.22. The first kappa shape index (κ1) is 12.2. The van der Waals surface area contributed by atoms with E-state index in [1.54, 1.807) is 24.3 Å². The standard InChI is InChI=1S/C12H15NO3/c13-11(14)8-4-5-9-16-12(15)10-6-2-1-3-7-10/h1-3,6-7H,4-5,8-9H2,(H2,13,14). The van der Waals surface area contributed by atoms with Crippen molar-refractivity contribution in [1.82, 2.24) is 0 Å². The molecule has 86 valence electrons.